The molecule has 0 saturated heterocycles. The zero-order valence-electron chi connectivity index (χ0n) is 19.8. The largest absolute Gasteiger partial charge is 0.481 e. The molecule has 0 aromatic heterocycles. The van der Waals surface area contributed by atoms with Gasteiger partial charge in [0.05, 0.1) is 19.0 Å². The first-order chi connectivity index (χ1) is 16.8. The van der Waals surface area contributed by atoms with E-state index in [-0.39, 0.29) is 25.6 Å². The number of carboxylic acid groups (broad SMARTS) is 1. The minimum Gasteiger partial charge on any atom is -0.481 e. The third-order valence-electron chi connectivity index (χ3n) is 5.63. The first-order valence-corrected chi connectivity index (χ1v) is 11.4. The molecule has 0 aliphatic rings. The lowest BCUT2D eigenvalue weighted by Crippen LogP contribution is -2.50. The van der Waals surface area contributed by atoms with Gasteiger partial charge in [-0.05, 0) is 35.7 Å². The van der Waals surface area contributed by atoms with Crippen LogP contribution in [0.1, 0.15) is 37.4 Å². The second-order valence-electron chi connectivity index (χ2n) is 8.52. The highest BCUT2D eigenvalue weighted by atomic mass is 16.5. The van der Waals surface area contributed by atoms with E-state index in [2.05, 4.69) is 5.32 Å². The summed E-state index contributed by atoms with van der Waals surface area (Å²) in [4.78, 5) is 38.4. The third kappa shape index (κ3) is 7.04. The van der Waals surface area contributed by atoms with Gasteiger partial charge in [0.15, 0.2) is 6.10 Å². The van der Waals surface area contributed by atoms with E-state index >= 15 is 0 Å². The van der Waals surface area contributed by atoms with Gasteiger partial charge in [0.2, 0.25) is 0 Å². The summed E-state index contributed by atoms with van der Waals surface area (Å²) in [5.74, 6) is -1.91. The Kier molecular flexibility index (Phi) is 8.80. The number of amides is 2. The minimum absolute atomic E-state index is 0.00632. The van der Waals surface area contributed by atoms with Crippen LogP contribution in [0.4, 0.5) is 4.79 Å². The Hall–Kier alpha value is -3.91. The van der Waals surface area contributed by atoms with Crippen molar-refractivity contribution in [1.29, 1.82) is 0 Å². The maximum absolute atomic E-state index is 13.2. The van der Waals surface area contributed by atoms with Gasteiger partial charge in [-0.1, -0.05) is 72.8 Å². The Labute approximate surface area is 204 Å². The van der Waals surface area contributed by atoms with Crippen LogP contribution in [-0.4, -0.2) is 51.8 Å². The molecular weight excluding hydrogens is 448 g/mol. The lowest BCUT2D eigenvalue weighted by atomic mass is 9.97. The number of nitrogens with one attached hydrogen (secondary N) is 1. The summed E-state index contributed by atoms with van der Waals surface area (Å²) in [7, 11) is 0. The number of nitrogens with zero attached hydrogens (tertiary/aromatic N) is 1. The smallest absolute Gasteiger partial charge is 0.337 e. The van der Waals surface area contributed by atoms with Crippen LogP contribution in [0.15, 0.2) is 72.8 Å². The van der Waals surface area contributed by atoms with Crippen molar-refractivity contribution in [3.63, 3.8) is 0 Å². The normalized spacial score (nSPS) is 12.7. The Balaban J connectivity index is 1.72. The summed E-state index contributed by atoms with van der Waals surface area (Å²) in [6.07, 6.45) is -1.88. The lowest BCUT2D eigenvalue weighted by molar-refractivity contribution is -0.155. The van der Waals surface area contributed by atoms with E-state index in [4.69, 9.17) is 4.74 Å². The number of benzene rings is 3. The third-order valence-corrected chi connectivity index (χ3v) is 5.63. The zero-order chi connectivity index (χ0) is 25.4. The summed E-state index contributed by atoms with van der Waals surface area (Å²) >= 11 is 0. The molecule has 2 unspecified atom stereocenters. The number of carbonyl (C=O) groups excluding carboxylic acids is 2. The number of hydrogen-bond donors (Lipinski definition) is 3. The summed E-state index contributed by atoms with van der Waals surface area (Å²) in [6.45, 7) is 3.19. The molecule has 2 amide bonds. The first kappa shape index (κ1) is 25.7. The van der Waals surface area contributed by atoms with Gasteiger partial charge in [-0.2, -0.15) is 0 Å². The summed E-state index contributed by atoms with van der Waals surface area (Å²) in [6, 6.07) is 20.3. The number of aliphatic hydroxyl groups excluding tert-OH is 1. The van der Waals surface area contributed by atoms with Gasteiger partial charge in [-0.25, -0.2) is 9.59 Å². The summed E-state index contributed by atoms with van der Waals surface area (Å²) in [5.41, 5.74) is 1.45. The molecule has 184 valence electrons. The topological polar surface area (TPSA) is 116 Å². The number of aliphatic carboxylic acids is 1. The number of carboxylic acids is 1. The lowest BCUT2D eigenvalue weighted by Gasteiger charge is -2.30. The number of carbonyl (C=O) groups is 3. The van der Waals surface area contributed by atoms with Gasteiger partial charge in [0, 0.05) is 6.04 Å². The molecule has 0 heterocycles. The zero-order valence-corrected chi connectivity index (χ0v) is 19.8. The molecule has 3 aromatic carbocycles. The number of rotatable bonds is 10. The number of ether oxygens (including phenoxy) is 1. The van der Waals surface area contributed by atoms with E-state index in [9.17, 15) is 24.6 Å². The van der Waals surface area contributed by atoms with E-state index in [1.54, 1.807) is 32.0 Å². The highest BCUT2D eigenvalue weighted by Gasteiger charge is 2.28. The molecule has 0 spiro atoms. The predicted octanol–water partition coefficient (Wildman–Crippen LogP) is 3.88. The van der Waals surface area contributed by atoms with Crippen molar-refractivity contribution in [2.45, 2.75) is 45.1 Å². The molecule has 2 atom stereocenters. The van der Waals surface area contributed by atoms with Gasteiger partial charge < -0.3 is 25.2 Å². The maximum atomic E-state index is 13.2. The Morgan fingerprint density at radius 2 is 1.60 bits per heavy atom. The van der Waals surface area contributed by atoms with E-state index in [0.717, 1.165) is 16.3 Å². The fourth-order valence-electron chi connectivity index (χ4n) is 3.81. The standard InChI is InChI=1S/C27H30N2O6/c1-18(2)29(16-24(30)26(33)35-17-19-9-4-3-5-10-19)27(34)28-23(15-25(31)32)22-14-8-12-20-11-6-7-13-21(20)22/h3-14,18,23-24,30H,15-17H2,1-2H3,(H,28,34)(H,31,32). The molecule has 0 fully saturated rings. The summed E-state index contributed by atoms with van der Waals surface area (Å²) in [5, 5.41) is 24.4. The summed E-state index contributed by atoms with van der Waals surface area (Å²) < 4.78 is 5.18. The average molecular weight is 479 g/mol. The number of hydrogen-bond acceptors (Lipinski definition) is 5. The second kappa shape index (κ2) is 12.0. The van der Waals surface area contributed by atoms with Crippen molar-refractivity contribution in [2.24, 2.45) is 0 Å². The number of esters is 1. The predicted molar refractivity (Wildman–Crippen MR) is 132 cm³/mol. The quantitative estimate of drug-likeness (QED) is 0.381. The van der Waals surface area contributed by atoms with Crippen molar-refractivity contribution in [1.82, 2.24) is 10.2 Å². The van der Waals surface area contributed by atoms with Crippen LogP contribution in [0.25, 0.3) is 10.8 Å². The molecule has 0 bridgehead atoms. The van der Waals surface area contributed by atoms with Gasteiger partial charge >= 0.3 is 18.0 Å². The van der Waals surface area contributed by atoms with Crippen molar-refractivity contribution >= 4 is 28.7 Å². The first-order valence-electron chi connectivity index (χ1n) is 11.4. The number of aliphatic hydroxyl groups is 1. The fourth-order valence-corrected chi connectivity index (χ4v) is 3.81. The number of urea groups is 1. The molecule has 35 heavy (non-hydrogen) atoms. The van der Waals surface area contributed by atoms with Crippen LogP contribution in [-0.2, 0) is 20.9 Å². The molecule has 0 aliphatic carbocycles. The minimum atomic E-state index is -1.55. The monoisotopic (exact) mass is 478 g/mol. The maximum Gasteiger partial charge on any atom is 0.337 e. The fraction of sp³-hybridized carbons (Fsp3) is 0.296. The molecule has 3 aromatic rings. The molecule has 3 N–H and O–H groups in total. The van der Waals surface area contributed by atoms with Crippen molar-refractivity contribution in [3.8, 4) is 0 Å². The van der Waals surface area contributed by atoms with Gasteiger partial charge in [0.1, 0.15) is 6.61 Å². The molecule has 8 nitrogen and oxygen atoms in total. The Morgan fingerprint density at radius 1 is 0.943 bits per heavy atom. The SMILES string of the molecule is CC(C)N(CC(O)C(=O)OCc1ccccc1)C(=O)NC(CC(=O)O)c1cccc2ccccc12. The van der Waals surface area contributed by atoms with Crippen LogP contribution < -0.4 is 5.32 Å². The van der Waals surface area contributed by atoms with Gasteiger partial charge in [-0.15, -0.1) is 0 Å². The molecular formula is C27H30N2O6. The van der Waals surface area contributed by atoms with E-state index in [1.807, 2.05) is 54.6 Å². The molecule has 0 aliphatic heterocycles. The van der Waals surface area contributed by atoms with E-state index < -0.39 is 30.1 Å². The highest BCUT2D eigenvalue weighted by molar-refractivity contribution is 5.87. The van der Waals surface area contributed by atoms with E-state index in [1.165, 1.54) is 4.90 Å². The van der Waals surface area contributed by atoms with Crippen molar-refractivity contribution in [2.75, 3.05) is 6.54 Å². The molecule has 8 heteroatoms. The van der Waals surface area contributed by atoms with Crippen LogP contribution in [0, 0.1) is 0 Å². The van der Waals surface area contributed by atoms with Gasteiger partial charge in [-0.3, -0.25) is 4.79 Å². The van der Waals surface area contributed by atoms with Gasteiger partial charge in [0.25, 0.3) is 0 Å². The van der Waals surface area contributed by atoms with Crippen LogP contribution in [0.5, 0.6) is 0 Å². The van der Waals surface area contributed by atoms with E-state index in [0.29, 0.717) is 5.56 Å². The second-order valence-corrected chi connectivity index (χ2v) is 8.52. The molecule has 0 radical (unpaired) electrons. The van der Waals surface area contributed by atoms with Crippen molar-refractivity contribution < 1.29 is 29.3 Å². The van der Waals surface area contributed by atoms with Crippen LogP contribution in [0.3, 0.4) is 0 Å². The average Bonchev–Trinajstić information content (AvgIpc) is 2.85. The molecule has 0 saturated carbocycles. The number of fused-ring (bicyclic) bond motifs is 1. The Morgan fingerprint density at radius 3 is 2.29 bits per heavy atom. The van der Waals surface area contributed by atoms with Crippen LogP contribution >= 0.6 is 0 Å². The molecule has 3 rings (SSSR count). The van der Waals surface area contributed by atoms with Crippen molar-refractivity contribution in [3.05, 3.63) is 83.9 Å². The Bertz CT molecular complexity index is 1160. The van der Waals surface area contributed by atoms with Crippen LogP contribution in [0.2, 0.25) is 0 Å². The highest BCUT2D eigenvalue weighted by Crippen LogP contribution is 2.27.